The van der Waals surface area contributed by atoms with Gasteiger partial charge in [-0.1, -0.05) is 11.6 Å². The van der Waals surface area contributed by atoms with Crippen molar-refractivity contribution in [1.29, 1.82) is 0 Å². The smallest absolute Gasteiger partial charge is 0.265 e. The fraction of sp³-hybridized carbons (Fsp3) is 0.278. The topological polar surface area (TPSA) is 56.8 Å². The highest BCUT2D eigenvalue weighted by Crippen LogP contribution is 2.31. The molecular weight excluding hydrogens is 330 g/mol. The Morgan fingerprint density at radius 1 is 1.08 bits per heavy atom. The highest BCUT2D eigenvalue weighted by molar-refractivity contribution is 6.31. The summed E-state index contributed by atoms with van der Waals surface area (Å²) in [6.45, 7) is 3.53. The summed E-state index contributed by atoms with van der Waals surface area (Å²) in [6.07, 6.45) is -0.681. The predicted molar refractivity (Wildman–Crippen MR) is 94.5 cm³/mol. The molecule has 0 saturated heterocycles. The van der Waals surface area contributed by atoms with Crippen molar-refractivity contribution in [3.05, 3.63) is 47.0 Å². The molecule has 0 bridgehead atoms. The predicted octanol–water partition coefficient (Wildman–Crippen LogP) is 4.07. The number of halogens is 1. The molecule has 2 aromatic rings. The van der Waals surface area contributed by atoms with Crippen LogP contribution in [0.15, 0.2) is 36.4 Å². The van der Waals surface area contributed by atoms with E-state index in [-0.39, 0.29) is 5.91 Å². The van der Waals surface area contributed by atoms with Crippen molar-refractivity contribution in [2.24, 2.45) is 0 Å². The molecular formula is C18H20ClNO4. The minimum absolute atomic E-state index is 0.286. The summed E-state index contributed by atoms with van der Waals surface area (Å²) in [6, 6.07) is 10.5. The van der Waals surface area contributed by atoms with Crippen molar-refractivity contribution in [2.45, 2.75) is 20.0 Å². The lowest BCUT2D eigenvalue weighted by Gasteiger charge is -2.17. The normalized spacial score (nSPS) is 11.5. The molecule has 6 heteroatoms. The van der Waals surface area contributed by atoms with Gasteiger partial charge in [0.2, 0.25) is 0 Å². The third-order valence-electron chi connectivity index (χ3n) is 3.48. The van der Waals surface area contributed by atoms with E-state index in [2.05, 4.69) is 5.32 Å². The lowest BCUT2D eigenvalue weighted by Crippen LogP contribution is -2.30. The number of methoxy groups -OCH3 is 2. The van der Waals surface area contributed by atoms with Crippen LogP contribution in [0.2, 0.25) is 5.02 Å². The van der Waals surface area contributed by atoms with Gasteiger partial charge in [0.1, 0.15) is 17.2 Å². The van der Waals surface area contributed by atoms with E-state index in [4.69, 9.17) is 25.8 Å². The highest BCUT2D eigenvalue weighted by Gasteiger charge is 2.17. The van der Waals surface area contributed by atoms with Gasteiger partial charge in [-0.25, -0.2) is 0 Å². The van der Waals surface area contributed by atoms with Crippen LogP contribution in [-0.2, 0) is 4.79 Å². The van der Waals surface area contributed by atoms with Gasteiger partial charge in [0.05, 0.1) is 19.9 Å². The van der Waals surface area contributed by atoms with Crippen LogP contribution in [0, 0.1) is 6.92 Å². The Balaban J connectivity index is 2.07. The molecule has 0 spiro atoms. The Labute approximate surface area is 146 Å². The molecule has 24 heavy (non-hydrogen) atoms. The fourth-order valence-electron chi connectivity index (χ4n) is 2.08. The van der Waals surface area contributed by atoms with Gasteiger partial charge >= 0.3 is 0 Å². The molecule has 0 heterocycles. The minimum Gasteiger partial charge on any atom is -0.497 e. The van der Waals surface area contributed by atoms with E-state index in [9.17, 15) is 4.79 Å². The second kappa shape index (κ2) is 7.93. The van der Waals surface area contributed by atoms with Crippen LogP contribution >= 0.6 is 11.6 Å². The van der Waals surface area contributed by atoms with E-state index < -0.39 is 6.10 Å². The van der Waals surface area contributed by atoms with Gasteiger partial charge in [-0.2, -0.15) is 0 Å². The molecule has 0 saturated carbocycles. The molecule has 1 N–H and O–H groups in total. The number of nitrogens with one attached hydrogen (secondary N) is 1. The minimum atomic E-state index is -0.681. The molecule has 0 aliphatic carbocycles. The molecule has 0 aliphatic heterocycles. The van der Waals surface area contributed by atoms with Crippen LogP contribution in [0.5, 0.6) is 17.2 Å². The molecule has 1 atom stereocenters. The summed E-state index contributed by atoms with van der Waals surface area (Å²) < 4.78 is 16.0. The van der Waals surface area contributed by atoms with Gasteiger partial charge < -0.3 is 19.5 Å². The van der Waals surface area contributed by atoms with Gasteiger partial charge in [0.25, 0.3) is 5.91 Å². The summed E-state index contributed by atoms with van der Waals surface area (Å²) in [7, 11) is 3.11. The second-order valence-corrected chi connectivity index (χ2v) is 5.63. The van der Waals surface area contributed by atoms with Crippen LogP contribution in [0.4, 0.5) is 5.69 Å². The Kier molecular flexibility index (Phi) is 5.93. The molecule has 1 amide bonds. The first-order valence-electron chi connectivity index (χ1n) is 7.40. The molecule has 5 nitrogen and oxygen atoms in total. The monoisotopic (exact) mass is 349 g/mol. The van der Waals surface area contributed by atoms with Crippen LogP contribution in [0.1, 0.15) is 12.5 Å². The van der Waals surface area contributed by atoms with Gasteiger partial charge in [0, 0.05) is 11.1 Å². The Hall–Kier alpha value is -2.40. The summed E-state index contributed by atoms with van der Waals surface area (Å²) in [4.78, 5) is 12.4. The zero-order valence-corrected chi connectivity index (χ0v) is 14.8. The van der Waals surface area contributed by atoms with Gasteiger partial charge in [-0.3, -0.25) is 4.79 Å². The van der Waals surface area contributed by atoms with Crippen molar-refractivity contribution in [2.75, 3.05) is 19.5 Å². The molecule has 0 radical (unpaired) electrons. The lowest BCUT2D eigenvalue weighted by atomic mass is 10.2. The van der Waals surface area contributed by atoms with Crippen molar-refractivity contribution in [3.8, 4) is 17.2 Å². The Bertz CT molecular complexity index is 716. The maximum Gasteiger partial charge on any atom is 0.265 e. The molecule has 0 fully saturated rings. The molecule has 128 valence electrons. The SMILES string of the molecule is COc1ccc(O[C@@H](C)C(=O)Nc2cc(C)c(Cl)cc2OC)cc1. The Morgan fingerprint density at radius 3 is 2.29 bits per heavy atom. The maximum atomic E-state index is 12.4. The van der Waals surface area contributed by atoms with Gasteiger partial charge in [-0.05, 0) is 49.7 Å². The molecule has 0 aromatic heterocycles. The third kappa shape index (κ3) is 4.32. The standard InChI is InChI=1S/C18H20ClNO4/c1-11-9-16(17(23-4)10-15(11)19)20-18(21)12(2)24-14-7-5-13(22-3)6-8-14/h5-10,12H,1-4H3,(H,20,21)/t12-/m0/s1. The summed E-state index contributed by atoms with van der Waals surface area (Å²) in [5.41, 5.74) is 1.39. The van der Waals surface area contributed by atoms with Crippen LogP contribution in [-0.4, -0.2) is 26.2 Å². The van der Waals surface area contributed by atoms with E-state index in [0.717, 1.165) is 11.3 Å². The summed E-state index contributed by atoms with van der Waals surface area (Å²) in [5, 5.41) is 3.38. The van der Waals surface area contributed by atoms with Crippen LogP contribution in [0.3, 0.4) is 0 Å². The zero-order valence-electron chi connectivity index (χ0n) is 14.1. The average Bonchev–Trinajstić information content (AvgIpc) is 2.58. The highest BCUT2D eigenvalue weighted by atomic mass is 35.5. The number of aryl methyl sites for hydroxylation is 1. The Morgan fingerprint density at radius 2 is 1.71 bits per heavy atom. The summed E-state index contributed by atoms with van der Waals surface area (Å²) in [5.74, 6) is 1.51. The first-order chi connectivity index (χ1) is 11.4. The first kappa shape index (κ1) is 17.9. The van der Waals surface area contributed by atoms with Crippen LogP contribution in [0.25, 0.3) is 0 Å². The first-order valence-corrected chi connectivity index (χ1v) is 7.78. The fourth-order valence-corrected chi connectivity index (χ4v) is 2.23. The van der Waals surface area contributed by atoms with E-state index in [1.165, 1.54) is 7.11 Å². The van der Waals surface area contributed by atoms with Crippen LogP contribution < -0.4 is 19.5 Å². The maximum absolute atomic E-state index is 12.4. The number of benzene rings is 2. The quantitative estimate of drug-likeness (QED) is 0.854. The number of hydrogen-bond acceptors (Lipinski definition) is 4. The number of carbonyl (C=O) groups is 1. The van der Waals surface area contributed by atoms with E-state index >= 15 is 0 Å². The largest absolute Gasteiger partial charge is 0.497 e. The second-order valence-electron chi connectivity index (χ2n) is 5.23. The number of carbonyl (C=O) groups excluding carboxylic acids is 1. The van der Waals surface area contributed by atoms with Crippen molar-refractivity contribution in [3.63, 3.8) is 0 Å². The molecule has 0 aliphatic rings. The van der Waals surface area contributed by atoms with E-state index in [0.29, 0.717) is 22.2 Å². The number of amides is 1. The molecule has 0 unspecified atom stereocenters. The zero-order chi connectivity index (χ0) is 17.7. The average molecular weight is 350 g/mol. The molecule has 2 aromatic carbocycles. The van der Waals surface area contributed by atoms with E-state index in [1.54, 1.807) is 50.4 Å². The van der Waals surface area contributed by atoms with E-state index in [1.807, 2.05) is 6.92 Å². The van der Waals surface area contributed by atoms with Gasteiger partial charge in [0.15, 0.2) is 6.10 Å². The van der Waals surface area contributed by atoms with Gasteiger partial charge in [-0.15, -0.1) is 0 Å². The lowest BCUT2D eigenvalue weighted by molar-refractivity contribution is -0.122. The van der Waals surface area contributed by atoms with Crippen molar-refractivity contribution < 1.29 is 19.0 Å². The number of rotatable bonds is 6. The number of anilines is 1. The number of hydrogen-bond donors (Lipinski definition) is 1. The molecule has 2 rings (SSSR count). The van der Waals surface area contributed by atoms with Crippen molar-refractivity contribution in [1.82, 2.24) is 0 Å². The summed E-state index contributed by atoms with van der Waals surface area (Å²) >= 11 is 6.07. The third-order valence-corrected chi connectivity index (χ3v) is 3.89. The van der Waals surface area contributed by atoms with Crippen molar-refractivity contribution >= 4 is 23.2 Å². The number of ether oxygens (including phenoxy) is 3.